The van der Waals surface area contributed by atoms with Crippen LogP contribution in [0.2, 0.25) is 0 Å². The predicted molar refractivity (Wildman–Crippen MR) is 67.7 cm³/mol. The molecule has 5 heteroatoms. The van der Waals surface area contributed by atoms with Crippen molar-refractivity contribution in [2.24, 2.45) is 0 Å². The van der Waals surface area contributed by atoms with Crippen molar-refractivity contribution in [1.82, 2.24) is 4.98 Å². The second kappa shape index (κ2) is 4.29. The SMILES string of the molecule is O=C1c2ccncc2C(=O)N1c1ccccc1CO. The number of carbonyl (C=O) groups excluding carboxylic acids is 2. The highest BCUT2D eigenvalue weighted by atomic mass is 16.3. The second-order valence-electron chi connectivity index (χ2n) is 4.15. The summed E-state index contributed by atoms with van der Waals surface area (Å²) in [7, 11) is 0. The molecule has 19 heavy (non-hydrogen) atoms. The average Bonchev–Trinajstić information content (AvgIpc) is 2.71. The monoisotopic (exact) mass is 254 g/mol. The van der Waals surface area contributed by atoms with Gasteiger partial charge in [0.15, 0.2) is 0 Å². The van der Waals surface area contributed by atoms with Gasteiger partial charge in [-0.1, -0.05) is 18.2 Å². The number of fused-ring (bicyclic) bond motifs is 1. The van der Waals surface area contributed by atoms with Crippen LogP contribution in [-0.2, 0) is 6.61 Å². The minimum Gasteiger partial charge on any atom is -0.392 e. The Labute approximate surface area is 109 Å². The van der Waals surface area contributed by atoms with Crippen LogP contribution < -0.4 is 4.90 Å². The molecular formula is C14H10N2O3. The summed E-state index contributed by atoms with van der Waals surface area (Å²) in [4.78, 5) is 29.5. The molecular weight excluding hydrogens is 244 g/mol. The van der Waals surface area contributed by atoms with Crippen LogP contribution in [0.5, 0.6) is 0 Å². The maximum atomic E-state index is 12.3. The average molecular weight is 254 g/mol. The fourth-order valence-electron chi connectivity index (χ4n) is 2.17. The molecule has 2 aromatic rings. The minimum absolute atomic E-state index is 0.234. The van der Waals surface area contributed by atoms with Crippen LogP contribution in [0.25, 0.3) is 0 Å². The third kappa shape index (κ3) is 1.63. The molecule has 0 unspecified atom stereocenters. The third-order valence-corrected chi connectivity index (χ3v) is 3.09. The van der Waals surface area contributed by atoms with Crippen LogP contribution in [0.3, 0.4) is 0 Å². The lowest BCUT2D eigenvalue weighted by Gasteiger charge is -2.16. The predicted octanol–water partition coefficient (Wildman–Crippen LogP) is 1.37. The van der Waals surface area contributed by atoms with Crippen LogP contribution in [0, 0.1) is 0 Å². The Morgan fingerprint density at radius 3 is 2.53 bits per heavy atom. The molecule has 0 spiro atoms. The standard InChI is InChI=1S/C14H10N2O3/c17-8-9-3-1-2-4-12(9)16-13(18)10-5-6-15-7-11(10)14(16)19/h1-7,17H,8H2. The van der Waals surface area contributed by atoms with Crippen molar-refractivity contribution in [3.63, 3.8) is 0 Å². The van der Waals surface area contributed by atoms with E-state index in [-0.39, 0.29) is 12.5 Å². The largest absolute Gasteiger partial charge is 0.392 e. The Bertz CT molecular complexity index is 647. The number of rotatable bonds is 2. The van der Waals surface area contributed by atoms with Gasteiger partial charge in [0.05, 0.1) is 23.4 Å². The number of pyridine rings is 1. The van der Waals surface area contributed by atoms with Gasteiger partial charge in [0.25, 0.3) is 11.8 Å². The molecule has 0 atom stereocenters. The van der Waals surface area contributed by atoms with E-state index in [0.29, 0.717) is 22.4 Å². The number of hydrogen-bond acceptors (Lipinski definition) is 4. The zero-order valence-electron chi connectivity index (χ0n) is 9.91. The Balaban J connectivity index is 2.14. The fourth-order valence-corrected chi connectivity index (χ4v) is 2.17. The maximum absolute atomic E-state index is 12.3. The van der Waals surface area contributed by atoms with E-state index in [9.17, 15) is 14.7 Å². The molecule has 5 nitrogen and oxygen atoms in total. The molecule has 0 bridgehead atoms. The molecule has 1 N–H and O–H groups in total. The van der Waals surface area contributed by atoms with Gasteiger partial charge in [-0.3, -0.25) is 14.6 Å². The molecule has 0 radical (unpaired) electrons. The van der Waals surface area contributed by atoms with Gasteiger partial charge in [-0.25, -0.2) is 4.90 Å². The number of benzene rings is 1. The molecule has 0 fully saturated rings. The Hall–Kier alpha value is -2.53. The van der Waals surface area contributed by atoms with Crippen LogP contribution in [0.15, 0.2) is 42.7 Å². The first-order valence-electron chi connectivity index (χ1n) is 5.75. The van der Waals surface area contributed by atoms with Gasteiger partial charge in [-0.05, 0) is 12.1 Å². The van der Waals surface area contributed by atoms with Crippen molar-refractivity contribution in [2.45, 2.75) is 6.61 Å². The number of nitrogens with zero attached hydrogens (tertiary/aromatic N) is 2. The van der Waals surface area contributed by atoms with E-state index in [1.165, 1.54) is 18.5 Å². The van der Waals surface area contributed by atoms with Crippen LogP contribution in [0.1, 0.15) is 26.3 Å². The molecule has 2 heterocycles. The van der Waals surface area contributed by atoms with Crippen molar-refractivity contribution < 1.29 is 14.7 Å². The molecule has 3 rings (SSSR count). The molecule has 2 amide bonds. The molecule has 1 aliphatic heterocycles. The van der Waals surface area contributed by atoms with Crippen molar-refractivity contribution >= 4 is 17.5 Å². The van der Waals surface area contributed by atoms with Gasteiger partial charge >= 0.3 is 0 Å². The van der Waals surface area contributed by atoms with E-state index in [2.05, 4.69) is 4.98 Å². The van der Waals surface area contributed by atoms with E-state index in [0.717, 1.165) is 4.90 Å². The number of anilines is 1. The molecule has 0 saturated carbocycles. The van der Waals surface area contributed by atoms with Gasteiger partial charge < -0.3 is 5.11 Å². The number of aliphatic hydroxyl groups excluding tert-OH is 1. The van der Waals surface area contributed by atoms with E-state index in [1.54, 1.807) is 24.3 Å². The lowest BCUT2D eigenvalue weighted by atomic mass is 10.1. The highest BCUT2D eigenvalue weighted by Gasteiger charge is 2.37. The van der Waals surface area contributed by atoms with E-state index in [4.69, 9.17) is 0 Å². The molecule has 0 saturated heterocycles. The zero-order chi connectivity index (χ0) is 13.4. The van der Waals surface area contributed by atoms with Crippen LogP contribution in [0.4, 0.5) is 5.69 Å². The smallest absolute Gasteiger partial charge is 0.267 e. The fraction of sp³-hybridized carbons (Fsp3) is 0.0714. The number of para-hydroxylation sites is 1. The van der Waals surface area contributed by atoms with Crippen LogP contribution in [-0.4, -0.2) is 21.9 Å². The van der Waals surface area contributed by atoms with Crippen molar-refractivity contribution in [1.29, 1.82) is 0 Å². The number of aromatic nitrogens is 1. The molecule has 0 aliphatic carbocycles. The van der Waals surface area contributed by atoms with Crippen molar-refractivity contribution in [2.75, 3.05) is 4.90 Å². The van der Waals surface area contributed by atoms with Gasteiger partial charge in [0.1, 0.15) is 0 Å². The highest BCUT2D eigenvalue weighted by Crippen LogP contribution is 2.30. The third-order valence-electron chi connectivity index (χ3n) is 3.09. The summed E-state index contributed by atoms with van der Waals surface area (Å²) < 4.78 is 0. The minimum atomic E-state index is -0.408. The number of amides is 2. The topological polar surface area (TPSA) is 70.5 Å². The van der Waals surface area contributed by atoms with E-state index < -0.39 is 5.91 Å². The first-order chi connectivity index (χ1) is 9.24. The molecule has 1 aromatic heterocycles. The van der Waals surface area contributed by atoms with E-state index in [1.807, 2.05) is 0 Å². The molecule has 1 aromatic carbocycles. The quantitative estimate of drug-likeness (QED) is 0.822. The van der Waals surface area contributed by atoms with Gasteiger partial charge in [-0.2, -0.15) is 0 Å². The lowest BCUT2D eigenvalue weighted by Crippen LogP contribution is -2.30. The molecule has 94 valence electrons. The maximum Gasteiger partial charge on any atom is 0.267 e. The summed E-state index contributed by atoms with van der Waals surface area (Å²) in [6.07, 6.45) is 2.86. The summed E-state index contributed by atoms with van der Waals surface area (Å²) in [5.41, 5.74) is 1.58. The van der Waals surface area contributed by atoms with Gasteiger partial charge in [-0.15, -0.1) is 0 Å². The van der Waals surface area contributed by atoms with Gasteiger partial charge in [0.2, 0.25) is 0 Å². The number of aliphatic hydroxyl groups is 1. The van der Waals surface area contributed by atoms with E-state index >= 15 is 0 Å². The first-order valence-corrected chi connectivity index (χ1v) is 5.75. The van der Waals surface area contributed by atoms with Crippen molar-refractivity contribution in [3.8, 4) is 0 Å². The summed E-state index contributed by atoms with van der Waals surface area (Å²) in [6.45, 7) is -0.234. The Morgan fingerprint density at radius 1 is 1.05 bits per heavy atom. The summed E-state index contributed by atoms with van der Waals surface area (Å²) in [5, 5.41) is 9.31. The van der Waals surface area contributed by atoms with Gasteiger partial charge in [0, 0.05) is 18.0 Å². The summed E-state index contributed by atoms with van der Waals surface area (Å²) in [6, 6.07) is 8.31. The number of carbonyl (C=O) groups is 2. The Morgan fingerprint density at radius 2 is 1.79 bits per heavy atom. The summed E-state index contributed by atoms with van der Waals surface area (Å²) in [5.74, 6) is -0.794. The Kier molecular flexibility index (Phi) is 2.61. The summed E-state index contributed by atoms with van der Waals surface area (Å²) >= 11 is 0. The second-order valence-corrected chi connectivity index (χ2v) is 4.15. The highest BCUT2D eigenvalue weighted by molar-refractivity contribution is 6.34. The first kappa shape index (κ1) is 11.6. The molecule has 1 aliphatic rings. The zero-order valence-corrected chi connectivity index (χ0v) is 9.91. The van der Waals surface area contributed by atoms with Crippen molar-refractivity contribution in [3.05, 3.63) is 59.4 Å². The lowest BCUT2D eigenvalue weighted by molar-refractivity contribution is 0.0925. The van der Waals surface area contributed by atoms with Crippen LogP contribution >= 0.6 is 0 Å². The number of imide groups is 1. The number of hydrogen-bond donors (Lipinski definition) is 1. The normalized spacial score (nSPS) is 13.8.